The summed E-state index contributed by atoms with van der Waals surface area (Å²) in [5.74, 6) is -0.729. The summed E-state index contributed by atoms with van der Waals surface area (Å²) < 4.78 is 57.2. The van der Waals surface area contributed by atoms with E-state index in [-0.39, 0.29) is 35.7 Å². The van der Waals surface area contributed by atoms with Gasteiger partial charge in [0.25, 0.3) is 5.91 Å². The van der Waals surface area contributed by atoms with Crippen LogP contribution < -0.4 is 10.0 Å². The summed E-state index contributed by atoms with van der Waals surface area (Å²) in [6.45, 7) is 1.24. The lowest BCUT2D eigenvalue weighted by Gasteiger charge is -2.26. The Labute approximate surface area is 164 Å². The first-order valence-corrected chi connectivity index (χ1v) is 11.7. The first-order valence-electron chi connectivity index (χ1n) is 8.57. The van der Waals surface area contributed by atoms with Gasteiger partial charge in [0.15, 0.2) is 0 Å². The summed E-state index contributed by atoms with van der Waals surface area (Å²) in [5.41, 5.74) is 0.208. The molecule has 1 heterocycles. The fraction of sp³-hybridized carbons (Fsp3) is 0.500. The molecule has 1 fully saturated rings. The molecule has 2 N–H and O–H groups in total. The second-order valence-corrected chi connectivity index (χ2v) is 9.77. The van der Waals surface area contributed by atoms with Crippen LogP contribution in [0.5, 0.6) is 0 Å². The molecule has 12 heteroatoms. The Bertz CT molecular complexity index is 917. The number of hydrogen-bond acceptors (Lipinski definition) is 7. The third-order valence-electron chi connectivity index (χ3n) is 3.96. The van der Waals surface area contributed by atoms with Gasteiger partial charge < -0.3 is 10.1 Å². The van der Waals surface area contributed by atoms with Gasteiger partial charge in [0.2, 0.25) is 20.0 Å². The fourth-order valence-electron chi connectivity index (χ4n) is 2.46. The van der Waals surface area contributed by atoms with Crippen LogP contribution in [0.1, 0.15) is 16.8 Å². The molecule has 1 aromatic carbocycles. The van der Waals surface area contributed by atoms with Gasteiger partial charge >= 0.3 is 0 Å². The van der Waals surface area contributed by atoms with Crippen LogP contribution in [0.4, 0.5) is 0 Å². The van der Waals surface area contributed by atoms with Gasteiger partial charge in [0.1, 0.15) is 0 Å². The predicted molar refractivity (Wildman–Crippen MR) is 100 cm³/mol. The lowest BCUT2D eigenvalue weighted by molar-refractivity contribution is 0.0730. The highest BCUT2D eigenvalue weighted by Gasteiger charge is 2.24. The van der Waals surface area contributed by atoms with E-state index in [2.05, 4.69) is 10.0 Å². The molecule has 0 atom stereocenters. The van der Waals surface area contributed by atoms with E-state index < -0.39 is 26.0 Å². The van der Waals surface area contributed by atoms with Gasteiger partial charge in [-0.05, 0) is 24.3 Å². The zero-order valence-corrected chi connectivity index (χ0v) is 16.8. The maximum atomic E-state index is 12.2. The molecule has 1 saturated heterocycles. The minimum atomic E-state index is -3.75. The van der Waals surface area contributed by atoms with Crippen LogP contribution >= 0.6 is 0 Å². The largest absolute Gasteiger partial charge is 0.379 e. The number of amides is 1. The topological polar surface area (TPSA) is 146 Å². The Hall–Kier alpha value is -2.04. The highest BCUT2D eigenvalue weighted by Crippen LogP contribution is 2.11. The summed E-state index contributed by atoms with van der Waals surface area (Å²) >= 11 is 0. The first kappa shape index (κ1) is 22.3. The first-order chi connectivity index (χ1) is 13.3. The van der Waals surface area contributed by atoms with Crippen molar-refractivity contribution in [2.45, 2.75) is 11.3 Å². The van der Waals surface area contributed by atoms with Gasteiger partial charge in [-0.2, -0.15) is 9.57 Å². The molecule has 28 heavy (non-hydrogen) atoms. The Morgan fingerprint density at radius 1 is 1.11 bits per heavy atom. The number of nitrogens with zero attached hydrogens (tertiary/aromatic N) is 2. The third kappa shape index (κ3) is 6.25. The molecule has 1 aromatic rings. The molecule has 0 radical (unpaired) electrons. The standard InChI is InChI=1S/C16H22N4O6S2/c17-6-1-7-19-28(24,25)15-4-2-14(3-5-15)16(21)18-8-13-27(22,23)20-9-11-26-12-10-20/h2-5,19H,1,7-13H2,(H,18,21). The van der Waals surface area contributed by atoms with E-state index in [4.69, 9.17) is 10.00 Å². The number of hydrogen-bond donors (Lipinski definition) is 2. The van der Waals surface area contributed by atoms with Crippen LogP contribution in [-0.2, 0) is 24.8 Å². The lowest BCUT2D eigenvalue weighted by atomic mass is 10.2. The molecule has 1 aliphatic rings. The summed E-state index contributed by atoms with van der Waals surface area (Å²) in [5, 5.41) is 11.0. The molecule has 0 spiro atoms. The molecular formula is C16H22N4O6S2. The number of carbonyl (C=O) groups excluding carboxylic acids is 1. The number of benzene rings is 1. The molecule has 0 aromatic heterocycles. The van der Waals surface area contributed by atoms with E-state index in [1.165, 1.54) is 28.6 Å². The Morgan fingerprint density at radius 3 is 2.36 bits per heavy atom. The molecule has 1 aliphatic heterocycles. The maximum Gasteiger partial charge on any atom is 0.251 e. The van der Waals surface area contributed by atoms with Crippen LogP contribution in [0.25, 0.3) is 0 Å². The van der Waals surface area contributed by atoms with Crippen molar-refractivity contribution in [1.82, 2.24) is 14.3 Å². The maximum absolute atomic E-state index is 12.2. The smallest absolute Gasteiger partial charge is 0.251 e. The van der Waals surface area contributed by atoms with Gasteiger partial charge in [-0.1, -0.05) is 0 Å². The normalized spacial score (nSPS) is 15.7. The average Bonchev–Trinajstić information content (AvgIpc) is 2.68. The van der Waals surface area contributed by atoms with E-state index in [0.717, 1.165) is 0 Å². The quantitative estimate of drug-likeness (QED) is 0.491. The van der Waals surface area contributed by atoms with Crippen LogP contribution in [0.2, 0.25) is 0 Å². The number of sulfonamides is 2. The van der Waals surface area contributed by atoms with Crippen molar-refractivity contribution in [3.8, 4) is 6.07 Å². The van der Waals surface area contributed by atoms with Crippen molar-refractivity contribution in [3.63, 3.8) is 0 Å². The summed E-state index contributed by atoms with van der Waals surface area (Å²) in [4.78, 5) is 12.1. The summed E-state index contributed by atoms with van der Waals surface area (Å²) in [7, 11) is -7.22. The molecule has 0 saturated carbocycles. The number of morpholine rings is 1. The second-order valence-electron chi connectivity index (χ2n) is 5.91. The number of rotatable bonds is 9. The molecule has 0 unspecified atom stereocenters. The van der Waals surface area contributed by atoms with Crippen molar-refractivity contribution in [2.24, 2.45) is 0 Å². The van der Waals surface area contributed by atoms with Crippen LogP contribution in [0.15, 0.2) is 29.2 Å². The zero-order valence-electron chi connectivity index (χ0n) is 15.1. The van der Waals surface area contributed by atoms with Gasteiger partial charge in [-0.25, -0.2) is 21.6 Å². The van der Waals surface area contributed by atoms with Crippen LogP contribution in [0, 0.1) is 11.3 Å². The van der Waals surface area contributed by atoms with Crippen LogP contribution in [-0.4, -0.2) is 72.2 Å². The summed E-state index contributed by atoms with van der Waals surface area (Å²) in [6, 6.07) is 7.05. The van der Waals surface area contributed by atoms with E-state index in [0.29, 0.717) is 26.3 Å². The molecule has 0 bridgehead atoms. The lowest BCUT2D eigenvalue weighted by Crippen LogP contribution is -2.43. The highest BCUT2D eigenvalue weighted by atomic mass is 32.2. The monoisotopic (exact) mass is 430 g/mol. The second kappa shape index (κ2) is 9.94. The van der Waals surface area contributed by atoms with E-state index in [1.807, 2.05) is 6.07 Å². The van der Waals surface area contributed by atoms with Gasteiger partial charge in [0.05, 0.1) is 29.9 Å². The van der Waals surface area contributed by atoms with Crippen molar-refractivity contribution < 1.29 is 26.4 Å². The number of nitrogens with one attached hydrogen (secondary N) is 2. The van der Waals surface area contributed by atoms with Gasteiger partial charge in [-0.3, -0.25) is 4.79 Å². The molecule has 0 aliphatic carbocycles. The van der Waals surface area contributed by atoms with Crippen molar-refractivity contribution in [3.05, 3.63) is 29.8 Å². The Morgan fingerprint density at radius 2 is 1.75 bits per heavy atom. The van der Waals surface area contributed by atoms with Crippen molar-refractivity contribution in [2.75, 3.05) is 45.1 Å². The van der Waals surface area contributed by atoms with Crippen molar-refractivity contribution >= 4 is 26.0 Å². The molecular weight excluding hydrogens is 408 g/mol. The van der Waals surface area contributed by atoms with E-state index in [1.54, 1.807) is 0 Å². The minimum Gasteiger partial charge on any atom is -0.379 e. The Balaban J connectivity index is 1.88. The SMILES string of the molecule is N#CCCNS(=O)(=O)c1ccc(C(=O)NCCS(=O)(=O)N2CCOCC2)cc1. The third-order valence-corrected chi connectivity index (χ3v) is 7.31. The molecule has 1 amide bonds. The zero-order chi connectivity index (χ0) is 20.6. The molecule has 154 valence electrons. The Kier molecular flexibility index (Phi) is 7.90. The molecule has 10 nitrogen and oxygen atoms in total. The fourth-order valence-corrected chi connectivity index (χ4v) is 4.82. The highest BCUT2D eigenvalue weighted by molar-refractivity contribution is 7.89. The number of ether oxygens (including phenoxy) is 1. The summed E-state index contributed by atoms with van der Waals surface area (Å²) in [6.07, 6.45) is 0.0487. The van der Waals surface area contributed by atoms with Crippen LogP contribution in [0.3, 0.4) is 0 Å². The minimum absolute atomic E-state index is 0.00130. The van der Waals surface area contributed by atoms with E-state index >= 15 is 0 Å². The van der Waals surface area contributed by atoms with Gasteiger partial charge in [-0.15, -0.1) is 0 Å². The molecule has 2 rings (SSSR count). The predicted octanol–water partition coefficient (Wildman–Crippen LogP) is -0.730. The number of carbonyl (C=O) groups is 1. The van der Waals surface area contributed by atoms with Crippen molar-refractivity contribution in [1.29, 1.82) is 5.26 Å². The average molecular weight is 431 g/mol. The number of nitriles is 1. The van der Waals surface area contributed by atoms with E-state index in [9.17, 15) is 21.6 Å². The van der Waals surface area contributed by atoms with Gasteiger partial charge in [0, 0.05) is 38.2 Å².